The van der Waals surface area contributed by atoms with Crippen LogP contribution in [0.4, 0.5) is 11.4 Å². The van der Waals surface area contributed by atoms with Gasteiger partial charge in [-0.25, -0.2) is 0 Å². The van der Waals surface area contributed by atoms with Gasteiger partial charge in [0, 0.05) is 17.9 Å². The monoisotopic (exact) mass is 215 g/mol. The van der Waals surface area contributed by atoms with E-state index in [4.69, 9.17) is 17.2 Å². The summed E-state index contributed by atoms with van der Waals surface area (Å²) in [6, 6.07) is 17.1. The molecule has 3 heteroatoms. The molecule has 0 spiro atoms. The maximum Gasteiger partial charge on any atom is 0.0359 e. The molecule has 0 atom stereocenters. The van der Waals surface area contributed by atoms with Crippen molar-refractivity contribution in [2.45, 2.75) is 6.54 Å². The number of hydrogen-bond donors (Lipinski definition) is 3. The van der Waals surface area contributed by atoms with Crippen LogP contribution < -0.4 is 17.2 Å². The van der Waals surface area contributed by atoms with Gasteiger partial charge in [0.2, 0.25) is 0 Å². The van der Waals surface area contributed by atoms with Gasteiger partial charge in [-0.2, -0.15) is 0 Å². The van der Waals surface area contributed by atoms with Crippen molar-refractivity contribution in [1.29, 1.82) is 0 Å². The minimum Gasteiger partial charge on any atom is -0.399 e. The second kappa shape index (κ2) is 6.48. The van der Waals surface area contributed by atoms with Crippen molar-refractivity contribution < 1.29 is 0 Å². The van der Waals surface area contributed by atoms with Gasteiger partial charge < -0.3 is 17.2 Å². The highest BCUT2D eigenvalue weighted by atomic mass is 14.6. The van der Waals surface area contributed by atoms with E-state index in [1.54, 1.807) is 0 Å². The lowest BCUT2D eigenvalue weighted by Crippen LogP contribution is -2.00. The molecule has 0 unspecified atom stereocenters. The van der Waals surface area contributed by atoms with Gasteiger partial charge in [-0.1, -0.05) is 36.4 Å². The van der Waals surface area contributed by atoms with Gasteiger partial charge >= 0.3 is 0 Å². The van der Waals surface area contributed by atoms with E-state index in [2.05, 4.69) is 0 Å². The summed E-state index contributed by atoms with van der Waals surface area (Å²) in [5, 5.41) is 0. The van der Waals surface area contributed by atoms with E-state index in [0.29, 0.717) is 6.54 Å². The number of rotatable bonds is 1. The van der Waals surface area contributed by atoms with Gasteiger partial charge in [0.25, 0.3) is 0 Å². The molecule has 0 amide bonds. The Labute approximate surface area is 95.9 Å². The van der Waals surface area contributed by atoms with E-state index in [9.17, 15) is 0 Å². The molecule has 0 aromatic heterocycles. The van der Waals surface area contributed by atoms with Crippen LogP contribution in [0, 0.1) is 0 Å². The molecule has 0 saturated heterocycles. The summed E-state index contributed by atoms with van der Waals surface area (Å²) in [5.74, 6) is 0. The van der Waals surface area contributed by atoms with Crippen molar-refractivity contribution in [2.75, 3.05) is 11.5 Å². The third-order valence-electron chi connectivity index (χ3n) is 2.07. The summed E-state index contributed by atoms with van der Waals surface area (Å²) in [6.45, 7) is 0.521. The Morgan fingerprint density at radius 1 is 0.750 bits per heavy atom. The highest BCUT2D eigenvalue weighted by Crippen LogP contribution is 2.07. The lowest BCUT2D eigenvalue weighted by atomic mass is 10.2. The van der Waals surface area contributed by atoms with Crippen LogP contribution in [0.3, 0.4) is 0 Å². The van der Waals surface area contributed by atoms with E-state index in [1.165, 1.54) is 0 Å². The lowest BCUT2D eigenvalue weighted by molar-refractivity contribution is 1.08. The largest absolute Gasteiger partial charge is 0.399 e. The zero-order valence-corrected chi connectivity index (χ0v) is 9.14. The summed E-state index contributed by atoms with van der Waals surface area (Å²) in [5.41, 5.74) is 18.9. The van der Waals surface area contributed by atoms with E-state index in [1.807, 2.05) is 54.6 Å². The number of hydrogen-bond acceptors (Lipinski definition) is 3. The van der Waals surface area contributed by atoms with Gasteiger partial charge in [0.05, 0.1) is 0 Å². The van der Waals surface area contributed by atoms with Crippen LogP contribution in [0.25, 0.3) is 0 Å². The Morgan fingerprint density at radius 3 is 1.69 bits per heavy atom. The smallest absolute Gasteiger partial charge is 0.0359 e. The van der Waals surface area contributed by atoms with Crippen molar-refractivity contribution in [3.63, 3.8) is 0 Å². The third-order valence-corrected chi connectivity index (χ3v) is 2.07. The van der Waals surface area contributed by atoms with Gasteiger partial charge in [0.15, 0.2) is 0 Å². The minimum absolute atomic E-state index is 0.521. The fourth-order valence-corrected chi connectivity index (χ4v) is 1.17. The Bertz CT molecular complexity index is 413. The van der Waals surface area contributed by atoms with E-state index >= 15 is 0 Å². The first-order valence-corrected chi connectivity index (χ1v) is 5.08. The number of anilines is 2. The van der Waals surface area contributed by atoms with Crippen molar-refractivity contribution in [3.8, 4) is 0 Å². The predicted octanol–water partition coefficient (Wildman–Crippen LogP) is 2.00. The lowest BCUT2D eigenvalue weighted by Gasteiger charge is -1.98. The molecule has 2 aromatic rings. The Morgan fingerprint density at radius 2 is 1.31 bits per heavy atom. The Balaban J connectivity index is 0.000000165. The van der Waals surface area contributed by atoms with Crippen LogP contribution >= 0.6 is 0 Å². The Kier molecular flexibility index (Phi) is 4.89. The topological polar surface area (TPSA) is 78.1 Å². The second-order valence-corrected chi connectivity index (χ2v) is 3.31. The minimum atomic E-state index is 0.521. The molecular weight excluding hydrogens is 198 g/mol. The predicted molar refractivity (Wildman–Crippen MR) is 69.6 cm³/mol. The molecule has 2 aromatic carbocycles. The number of nitrogens with two attached hydrogens (primary N) is 3. The maximum absolute atomic E-state index is 5.55. The van der Waals surface area contributed by atoms with E-state index in [0.717, 1.165) is 16.9 Å². The van der Waals surface area contributed by atoms with Gasteiger partial charge in [-0.15, -0.1) is 0 Å². The van der Waals surface area contributed by atoms with Crippen molar-refractivity contribution in [1.82, 2.24) is 0 Å². The molecule has 16 heavy (non-hydrogen) atoms. The molecule has 0 bridgehead atoms. The highest BCUT2D eigenvalue weighted by Gasteiger charge is 1.90. The molecule has 0 radical (unpaired) electrons. The fraction of sp³-hybridized carbons (Fsp3) is 0.0769. The maximum atomic E-state index is 5.55. The van der Waals surface area contributed by atoms with Gasteiger partial charge in [0.1, 0.15) is 0 Å². The number of benzene rings is 2. The average molecular weight is 215 g/mol. The highest BCUT2D eigenvalue weighted by molar-refractivity contribution is 5.45. The molecule has 2 rings (SSSR count). The molecule has 0 aliphatic heterocycles. The average Bonchev–Trinajstić information content (AvgIpc) is 2.31. The zero-order valence-electron chi connectivity index (χ0n) is 9.14. The normalized spacial score (nSPS) is 9.06. The molecule has 0 fully saturated rings. The molecule has 0 aliphatic rings. The molecule has 3 nitrogen and oxygen atoms in total. The van der Waals surface area contributed by atoms with Gasteiger partial charge in [-0.3, -0.25) is 0 Å². The second-order valence-electron chi connectivity index (χ2n) is 3.31. The van der Waals surface area contributed by atoms with Gasteiger partial charge in [-0.05, 0) is 23.8 Å². The van der Waals surface area contributed by atoms with Crippen LogP contribution in [0.15, 0.2) is 54.6 Å². The molecule has 0 aliphatic carbocycles. The van der Waals surface area contributed by atoms with E-state index < -0.39 is 0 Å². The molecular formula is C13H17N3. The summed E-state index contributed by atoms with van der Waals surface area (Å²) in [7, 11) is 0. The van der Waals surface area contributed by atoms with Crippen LogP contribution in [0.5, 0.6) is 0 Å². The quantitative estimate of drug-likeness (QED) is 0.637. The zero-order chi connectivity index (χ0) is 11.8. The fourth-order valence-electron chi connectivity index (χ4n) is 1.17. The van der Waals surface area contributed by atoms with Crippen molar-refractivity contribution >= 4 is 11.4 Å². The van der Waals surface area contributed by atoms with Crippen molar-refractivity contribution in [3.05, 3.63) is 60.2 Å². The molecule has 6 N–H and O–H groups in total. The first-order valence-electron chi connectivity index (χ1n) is 5.08. The van der Waals surface area contributed by atoms with E-state index in [-0.39, 0.29) is 0 Å². The summed E-state index contributed by atoms with van der Waals surface area (Å²) < 4.78 is 0. The SMILES string of the molecule is NCc1ccccc1N.Nc1ccccc1. The third kappa shape index (κ3) is 4.02. The van der Waals surface area contributed by atoms with Crippen LogP contribution in [-0.2, 0) is 6.54 Å². The van der Waals surface area contributed by atoms with Crippen LogP contribution in [-0.4, -0.2) is 0 Å². The standard InChI is InChI=1S/C7H10N2.C6H7N/c8-5-6-3-1-2-4-7(6)9;7-6-4-2-1-3-5-6/h1-4H,5,8-9H2;1-5H,7H2. The molecule has 0 heterocycles. The summed E-state index contributed by atoms with van der Waals surface area (Å²) in [6.07, 6.45) is 0. The molecule has 84 valence electrons. The van der Waals surface area contributed by atoms with Crippen LogP contribution in [0.1, 0.15) is 5.56 Å². The van der Waals surface area contributed by atoms with Crippen molar-refractivity contribution in [2.24, 2.45) is 5.73 Å². The number of para-hydroxylation sites is 2. The number of nitrogen functional groups attached to an aromatic ring is 2. The first kappa shape index (κ1) is 12.1. The summed E-state index contributed by atoms with van der Waals surface area (Å²) in [4.78, 5) is 0. The Hall–Kier alpha value is -2.00. The summed E-state index contributed by atoms with van der Waals surface area (Å²) >= 11 is 0. The molecule has 0 saturated carbocycles. The van der Waals surface area contributed by atoms with Crippen LogP contribution in [0.2, 0.25) is 0 Å². The first-order chi connectivity index (χ1) is 7.74.